The minimum Gasteiger partial charge on any atom is -0.372 e. The molecule has 6 nitrogen and oxygen atoms in total. The van der Waals surface area contributed by atoms with Gasteiger partial charge in [-0.1, -0.05) is 19.1 Å². The highest BCUT2D eigenvalue weighted by Gasteiger charge is 2.26. The summed E-state index contributed by atoms with van der Waals surface area (Å²) < 4.78 is 10.4. The molecule has 138 valence electrons. The number of nitrogens with zero attached hydrogens (tertiary/aromatic N) is 4. The zero-order valence-corrected chi connectivity index (χ0v) is 15.6. The number of ether oxygens (including phenoxy) is 1. The van der Waals surface area contributed by atoms with Crippen molar-refractivity contribution in [3.63, 3.8) is 0 Å². The first kappa shape index (κ1) is 17.2. The van der Waals surface area contributed by atoms with Crippen molar-refractivity contribution < 1.29 is 4.74 Å². The van der Waals surface area contributed by atoms with Crippen LogP contribution in [0.25, 0.3) is 11.0 Å². The summed E-state index contributed by atoms with van der Waals surface area (Å²) in [6.45, 7) is 4.78. The Morgan fingerprint density at radius 2 is 2.19 bits per heavy atom. The molecular formula is C20H27N5O. The van der Waals surface area contributed by atoms with E-state index < -0.39 is 0 Å². The number of fused-ring (bicyclic) bond motifs is 1. The fourth-order valence-electron chi connectivity index (χ4n) is 3.84. The first-order valence-electron chi connectivity index (χ1n) is 9.51. The fraction of sp³-hybridized carbons (Fsp3) is 0.500. The molecule has 1 N–H and O–H groups in total. The zero-order chi connectivity index (χ0) is 17.9. The highest BCUT2D eigenvalue weighted by molar-refractivity contribution is 5.75. The Balaban J connectivity index is 1.46. The molecule has 3 aromatic rings. The molecule has 2 aromatic heterocycles. The Morgan fingerprint density at radius 3 is 3.00 bits per heavy atom. The van der Waals surface area contributed by atoms with Crippen LogP contribution in [0.3, 0.4) is 0 Å². The Morgan fingerprint density at radius 1 is 1.31 bits per heavy atom. The molecule has 1 fully saturated rings. The van der Waals surface area contributed by atoms with Crippen molar-refractivity contribution in [3.8, 4) is 0 Å². The Kier molecular flexibility index (Phi) is 5.04. The van der Waals surface area contributed by atoms with Crippen LogP contribution in [0.5, 0.6) is 0 Å². The molecule has 4 rings (SSSR count). The van der Waals surface area contributed by atoms with Gasteiger partial charge in [0.2, 0.25) is 0 Å². The summed E-state index contributed by atoms with van der Waals surface area (Å²) in [5, 5.41) is 3.72. The molecule has 26 heavy (non-hydrogen) atoms. The average Bonchev–Trinajstić information content (AvgIpc) is 3.24. The van der Waals surface area contributed by atoms with Gasteiger partial charge < -0.3 is 19.2 Å². The summed E-state index contributed by atoms with van der Waals surface area (Å²) in [5.74, 6) is 1.12. The van der Waals surface area contributed by atoms with Crippen LogP contribution in [0.2, 0.25) is 0 Å². The van der Waals surface area contributed by atoms with Gasteiger partial charge >= 0.3 is 0 Å². The molecule has 0 bridgehead atoms. The molecule has 1 aliphatic rings. The standard InChI is InChI=1S/C20H27N5O/c1-3-9-25-17-7-5-4-6-16(17)23-20(25)13-22-15-8-10-26-19(11-15)18-12-21-14-24(18)2/h4-7,12,14-15,19,22H,3,8-11,13H2,1-2H3/t15-,19-/m1/s1. The summed E-state index contributed by atoms with van der Waals surface area (Å²) in [7, 11) is 2.02. The number of hydrogen-bond acceptors (Lipinski definition) is 4. The molecule has 2 atom stereocenters. The maximum absolute atomic E-state index is 5.97. The van der Waals surface area contributed by atoms with Crippen LogP contribution >= 0.6 is 0 Å². The van der Waals surface area contributed by atoms with Crippen LogP contribution in [-0.2, 0) is 24.9 Å². The first-order chi connectivity index (χ1) is 12.8. The molecule has 0 aliphatic carbocycles. The Hall–Kier alpha value is -2.18. The SMILES string of the molecule is CCCn1c(CN[C@@H]2CCO[C@@H](c3cncn3C)C2)nc2ccccc21. The summed E-state index contributed by atoms with van der Waals surface area (Å²) in [6.07, 6.45) is 6.96. The summed E-state index contributed by atoms with van der Waals surface area (Å²) in [6, 6.07) is 8.83. The highest BCUT2D eigenvalue weighted by Crippen LogP contribution is 2.28. The Bertz CT molecular complexity index is 868. The van der Waals surface area contributed by atoms with Crippen LogP contribution < -0.4 is 5.32 Å². The quantitative estimate of drug-likeness (QED) is 0.739. The molecule has 1 aromatic carbocycles. The van der Waals surface area contributed by atoms with E-state index in [-0.39, 0.29) is 6.10 Å². The van der Waals surface area contributed by atoms with Crippen LogP contribution in [-0.4, -0.2) is 31.8 Å². The lowest BCUT2D eigenvalue weighted by atomic mass is 10.0. The van der Waals surface area contributed by atoms with Crippen molar-refractivity contribution in [3.05, 3.63) is 48.3 Å². The third-order valence-corrected chi connectivity index (χ3v) is 5.20. The highest BCUT2D eigenvalue weighted by atomic mass is 16.5. The predicted octanol–water partition coefficient (Wildman–Crippen LogP) is 3.19. The number of aromatic nitrogens is 4. The predicted molar refractivity (Wildman–Crippen MR) is 102 cm³/mol. The molecule has 1 saturated heterocycles. The number of nitrogens with one attached hydrogen (secondary N) is 1. The maximum Gasteiger partial charge on any atom is 0.123 e. The number of imidazole rings is 2. The molecule has 0 spiro atoms. The minimum absolute atomic E-state index is 0.114. The third-order valence-electron chi connectivity index (χ3n) is 5.20. The second-order valence-electron chi connectivity index (χ2n) is 7.06. The lowest BCUT2D eigenvalue weighted by Gasteiger charge is -2.30. The van der Waals surface area contributed by atoms with Crippen LogP contribution in [0.1, 0.15) is 43.8 Å². The second kappa shape index (κ2) is 7.60. The van der Waals surface area contributed by atoms with Crippen LogP contribution in [0.15, 0.2) is 36.8 Å². The van der Waals surface area contributed by atoms with E-state index >= 15 is 0 Å². The molecular weight excluding hydrogens is 326 g/mol. The normalized spacial score (nSPS) is 20.7. The lowest BCUT2D eigenvalue weighted by molar-refractivity contribution is -0.00418. The summed E-state index contributed by atoms with van der Waals surface area (Å²) in [5.41, 5.74) is 3.46. The van der Waals surface area contributed by atoms with Gasteiger partial charge in [0.25, 0.3) is 0 Å². The van der Waals surface area contributed by atoms with E-state index in [0.29, 0.717) is 6.04 Å². The lowest BCUT2D eigenvalue weighted by Crippen LogP contribution is -2.36. The van der Waals surface area contributed by atoms with Gasteiger partial charge in [-0.15, -0.1) is 0 Å². The van der Waals surface area contributed by atoms with Crippen molar-refractivity contribution in [2.24, 2.45) is 7.05 Å². The van der Waals surface area contributed by atoms with E-state index in [1.807, 2.05) is 24.1 Å². The van der Waals surface area contributed by atoms with Crippen molar-refractivity contribution >= 4 is 11.0 Å². The summed E-state index contributed by atoms with van der Waals surface area (Å²) in [4.78, 5) is 9.07. The van der Waals surface area contributed by atoms with Crippen molar-refractivity contribution in [1.29, 1.82) is 0 Å². The van der Waals surface area contributed by atoms with Gasteiger partial charge in [0, 0.05) is 26.2 Å². The average molecular weight is 353 g/mol. The van der Waals surface area contributed by atoms with Crippen LogP contribution in [0, 0.1) is 0 Å². The molecule has 1 aliphatic heterocycles. The zero-order valence-electron chi connectivity index (χ0n) is 15.6. The van der Waals surface area contributed by atoms with Crippen molar-refractivity contribution in [2.75, 3.05) is 6.61 Å². The Labute approximate surface area is 154 Å². The molecule has 0 radical (unpaired) electrons. The van der Waals surface area contributed by atoms with E-state index in [9.17, 15) is 0 Å². The maximum atomic E-state index is 5.97. The van der Waals surface area contributed by atoms with Gasteiger partial charge in [-0.3, -0.25) is 0 Å². The number of aryl methyl sites for hydroxylation is 2. The number of para-hydroxylation sites is 2. The van der Waals surface area contributed by atoms with Crippen LogP contribution in [0.4, 0.5) is 0 Å². The number of hydrogen-bond donors (Lipinski definition) is 1. The fourth-order valence-corrected chi connectivity index (χ4v) is 3.84. The molecule has 3 heterocycles. The minimum atomic E-state index is 0.114. The van der Waals surface area contributed by atoms with E-state index in [1.54, 1.807) is 0 Å². The van der Waals surface area contributed by atoms with Gasteiger partial charge in [-0.25, -0.2) is 9.97 Å². The van der Waals surface area contributed by atoms with E-state index in [4.69, 9.17) is 9.72 Å². The van der Waals surface area contributed by atoms with Gasteiger partial charge in [0.1, 0.15) is 11.9 Å². The molecule has 0 amide bonds. The number of rotatable bonds is 6. The largest absolute Gasteiger partial charge is 0.372 e. The second-order valence-corrected chi connectivity index (χ2v) is 7.06. The van der Waals surface area contributed by atoms with Gasteiger partial charge in [-0.2, -0.15) is 0 Å². The van der Waals surface area contributed by atoms with Crippen molar-refractivity contribution in [2.45, 2.75) is 51.4 Å². The van der Waals surface area contributed by atoms with Crippen molar-refractivity contribution in [1.82, 2.24) is 24.4 Å². The smallest absolute Gasteiger partial charge is 0.123 e. The first-order valence-corrected chi connectivity index (χ1v) is 9.51. The third kappa shape index (κ3) is 3.39. The van der Waals surface area contributed by atoms with E-state index in [0.717, 1.165) is 56.0 Å². The van der Waals surface area contributed by atoms with E-state index in [1.165, 1.54) is 5.52 Å². The topological polar surface area (TPSA) is 56.9 Å². The van der Waals surface area contributed by atoms with Gasteiger partial charge in [0.15, 0.2) is 0 Å². The molecule has 0 saturated carbocycles. The summed E-state index contributed by atoms with van der Waals surface area (Å²) >= 11 is 0. The van der Waals surface area contributed by atoms with Gasteiger partial charge in [0.05, 0.1) is 35.8 Å². The number of benzene rings is 1. The monoisotopic (exact) mass is 353 g/mol. The van der Waals surface area contributed by atoms with Gasteiger partial charge in [-0.05, 0) is 31.4 Å². The molecule has 6 heteroatoms. The molecule has 0 unspecified atom stereocenters. The van der Waals surface area contributed by atoms with E-state index in [2.05, 4.69) is 46.1 Å².